The Kier molecular flexibility index (Phi) is 3.76. The summed E-state index contributed by atoms with van der Waals surface area (Å²) in [6.07, 6.45) is 1.22. The van der Waals surface area contributed by atoms with Gasteiger partial charge in [0.15, 0.2) is 0 Å². The van der Waals surface area contributed by atoms with Crippen molar-refractivity contribution in [3.8, 4) is 0 Å². The first-order valence-electron chi connectivity index (χ1n) is 3.72. The largest absolute Gasteiger partial charge is 0.310 e. The average molecular weight is 221 g/mol. The van der Waals surface area contributed by atoms with Gasteiger partial charge >= 0.3 is 0 Å². The van der Waals surface area contributed by atoms with Crippen molar-refractivity contribution in [1.29, 1.82) is 0 Å². The van der Waals surface area contributed by atoms with Crippen LogP contribution in [0.2, 0.25) is 0 Å². The Morgan fingerprint density at radius 3 is 2.92 bits per heavy atom. The van der Waals surface area contributed by atoms with Crippen molar-refractivity contribution in [3.63, 3.8) is 0 Å². The molecule has 0 saturated heterocycles. The summed E-state index contributed by atoms with van der Waals surface area (Å²) in [6, 6.07) is 0. The molecule has 1 aromatic heterocycles. The Morgan fingerprint density at radius 1 is 1.62 bits per heavy atom. The zero-order chi connectivity index (χ0) is 9.73. The van der Waals surface area contributed by atoms with Gasteiger partial charge < -0.3 is 5.32 Å². The fourth-order valence-corrected chi connectivity index (χ4v) is 1.70. The summed E-state index contributed by atoms with van der Waals surface area (Å²) in [5, 5.41) is 8.60. The maximum atomic E-state index is 10.7. The zero-order valence-corrected chi connectivity index (χ0v) is 8.86. The Bertz CT molecular complexity index is 333. The maximum absolute atomic E-state index is 10.7. The second kappa shape index (κ2) is 4.64. The predicted molar refractivity (Wildman–Crippen MR) is 51.3 cm³/mol. The first-order chi connectivity index (χ1) is 6.08. The Morgan fingerprint density at radius 2 is 2.38 bits per heavy atom. The number of aromatic nitrogens is 2. The van der Waals surface area contributed by atoms with Gasteiger partial charge in [-0.3, -0.25) is 0 Å². The maximum Gasteiger partial charge on any atom is 0.148 e. The third kappa shape index (κ3) is 4.91. The number of nitrogens with one attached hydrogen (secondary N) is 1. The van der Waals surface area contributed by atoms with Crippen molar-refractivity contribution in [2.75, 3.05) is 18.6 Å². The molecule has 5 nitrogen and oxygen atoms in total. The molecule has 1 heterocycles. The van der Waals surface area contributed by atoms with Crippen LogP contribution in [0.15, 0.2) is 5.38 Å². The SMILES string of the molecule is CS(=O)(=O)CCNCc1csnn1. The monoisotopic (exact) mass is 221 g/mol. The highest BCUT2D eigenvalue weighted by Gasteiger charge is 2.01. The molecule has 0 saturated carbocycles. The van der Waals surface area contributed by atoms with E-state index in [0.29, 0.717) is 13.1 Å². The third-order valence-corrected chi connectivity index (χ3v) is 2.86. The molecule has 1 N–H and O–H groups in total. The van der Waals surface area contributed by atoms with E-state index in [1.807, 2.05) is 5.38 Å². The molecule has 0 atom stereocenters. The molecule has 13 heavy (non-hydrogen) atoms. The van der Waals surface area contributed by atoms with E-state index >= 15 is 0 Å². The lowest BCUT2D eigenvalue weighted by Crippen LogP contribution is -2.22. The molecule has 1 rings (SSSR count). The summed E-state index contributed by atoms with van der Waals surface area (Å²) >= 11 is 1.28. The molecule has 0 spiro atoms. The first-order valence-corrected chi connectivity index (χ1v) is 6.62. The van der Waals surface area contributed by atoms with Gasteiger partial charge in [-0.15, -0.1) is 5.10 Å². The normalized spacial score (nSPS) is 11.8. The summed E-state index contributed by atoms with van der Waals surface area (Å²) < 4.78 is 25.1. The van der Waals surface area contributed by atoms with Gasteiger partial charge in [0.2, 0.25) is 0 Å². The van der Waals surface area contributed by atoms with Crippen LogP contribution in [0.5, 0.6) is 0 Å². The van der Waals surface area contributed by atoms with Crippen molar-refractivity contribution >= 4 is 21.4 Å². The minimum Gasteiger partial charge on any atom is -0.310 e. The van der Waals surface area contributed by atoms with Crippen LogP contribution in [0.4, 0.5) is 0 Å². The second-order valence-electron chi connectivity index (χ2n) is 2.70. The van der Waals surface area contributed by atoms with Gasteiger partial charge in [0.25, 0.3) is 0 Å². The van der Waals surface area contributed by atoms with Crippen molar-refractivity contribution < 1.29 is 8.42 Å². The van der Waals surface area contributed by atoms with E-state index in [-0.39, 0.29) is 5.75 Å². The highest BCUT2D eigenvalue weighted by atomic mass is 32.2. The smallest absolute Gasteiger partial charge is 0.148 e. The van der Waals surface area contributed by atoms with E-state index < -0.39 is 9.84 Å². The van der Waals surface area contributed by atoms with Crippen molar-refractivity contribution in [2.24, 2.45) is 0 Å². The first kappa shape index (κ1) is 10.6. The molecule has 0 amide bonds. The lowest BCUT2D eigenvalue weighted by atomic mass is 10.5. The van der Waals surface area contributed by atoms with E-state index in [2.05, 4.69) is 14.9 Å². The van der Waals surface area contributed by atoms with E-state index in [4.69, 9.17) is 0 Å². The van der Waals surface area contributed by atoms with Crippen LogP contribution < -0.4 is 5.32 Å². The Hall–Kier alpha value is -0.530. The summed E-state index contributed by atoms with van der Waals surface area (Å²) in [7, 11) is -2.86. The van der Waals surface area contributed by atoms with Crippen LogP contribution >= 0.6 is 11.5 Å². The lowest BCUT2D eigenvalue weighted by Gasteiger charge is -1.99. The van der Waals surface area contributed by atoms with Gasteiger partial charge in [-0.25, -0.2) is 8.42 Å². The molecule has 0 aliphatic heterocycles. The molecule has 0 aromatic carbocycles. The molecule has 0 bridgehead atoms. The lowest BCUT2D eigenvalue weighted by molar-refractivity contribution is 0.596. The van der Waals surface area contributed by atoms with Crippen LogP contribution in [0.25, 0.3) is 0 Å². The van der Waals surface area contributed by atoms with Crippen LogP contribution in [0, 0.1) is 0 Å². The number of hydrogen-bond acceptors (Lipinski definition) is 6. The molecule has 0 aliphatic rings. The third-order valence-electron chi connectivity index (χ3n) is 1.36. The average Bonchev–Trinajstić information content (AvgIpc) is 2.48. The highest BCUT2D eigenvalue weighted by Crippen LogP contribution is 1.95. The van der Waals surface area contributed by atoms with Crippen LogP contribution in [-0.2, 0) is 16.4 Å². The topological polar surface area (TPSA) is 72.0 Å². The van der Waals surface area contributed by atoms with E-state index in [0.717, 1.165) is 5.69 Å². The number of nitrogens with zero attached hydrogens (tertiary/aromatic N) is 2. The second-order valence-corrected chi connectivity index (χ2v) is 5.57. The van der Waals surface area contributed by atoms with Gasteiger partial charge in [-0.05, 0) is 11.5 Å². The van der Waals surface area contributed by atoms with Crippen LogP contribution in [-0.4, -0.2) is 36.6 Å². The summed E-state index contributed by atoms with van der Waals surface area (Å²) in [6.45, 7) is 1.03. The zero-order valence-electron chi connectivity index (χ0n) is 7.23. The molecular weight excluding hydrogens is 210 g/mol. The fraction of sp³-hybridized carbons (Fsp3) is 0.667. The summed E-state index contributed by atoms with van der Waals surface area (Å²) in [5.41, 5.74) is 0.846. The quantitative estimate of drug-likeness (QED) is 0.689. The van der Waals surface area contributed by atoms with Gasteiger partial charge in [-0.2, -0.15) is 0 Å². The van der Waals surface area contributed by atoms with Crippen LogP contribution in [0.3, 0.4) is 0 Å². The number of hydrogen-bond donors (Lipinski definition) is 1. The molecule has 0 aliphatic carbocycles. The predicted octanol–water partition coefficient (Wildman–Crippen LogP) is -0.328. The molecule has 0 fully saturated rings. The van der Waals surface area contributed by atoms with Crippen LogP contribution in [0.1, 0.15) is 5.69 Å². The van der Waals surface area contributed by atoms with Gasteiger partial charge in [0.05, 0.1) is 11.4 Å². The fourth-order valence-electron chi connectivity index (χ4n) is 0.735. The molecule has 74 valence electrons. The Labute approximate surface area is 81.3 Å². The van der Waals surface area contributed by atoms with Gasteiger partial charge in [0, 0.05) is 24.7 Å². The van der Waals surface area contributed by atoms with E-state index in [1.165, 1.54) is 17.8 Å². The molecule has 0 radical (unpaired) electrons. The number of rotatable bonds is 5. The van der Waals surface area contributed by atoms with Crippen molar-refractivity contribution in [1.82, 2.24) is 14.9 Å². The minimum absolute atomic E-state index is 0.157. The molecular formula is C6H11N3O2S2. The van der Waals surface area contributed by atoms with Gasteiger partial charge in [0.1, 0.15) is 9.84 Å². The summed E-state index contributed by atoms with van der Waals surface area (Å²) in [4.78, 5) is 0. The van der Waals surface area contributed by atoms with E-state index in [1.54, 1.807) is 0 Å². The number of sulfone groups is 1. The molecule has 0 unspecified atom stereocenters. The highest BCUT2D eigenvalue weighted by molar-refractivity contribution is 7.90. The van der Waals surface area contributed by atoms with Gasteiger partial charge in [-0.1, -0.05) is 4.49 Å². The summed E-state index contributed by atoms with van der Waals surface area (Å²) in [5.74, 6) is 0.157. The molecule has 7 heteroatoms. The standard InChI is InChI=1S/C6H11N3O2S2/c1-13(10,11)3-2-7-4-6-5-12-9-8-6/h5,7H,2-4H2,1H3. The van der Waals surface area contributed by atoms with Crippen molar-refractivity contribution in [2.45, 2.75) is 6.54 Å². The van der Waals surface area contributed by atoms with Crippen molar-refractivity contribution in [3.05, 3.63) is 11.1 Å². The molecule has 1 aromatic rings. The minimum atomic E-state index is -2.86. The van der Waals surface area contributed by atoms with E-state index in [9.17, 15) is 8.42 Å². The Balaban J connectivity index is 2.16.